The number of rotatable bonds is 3. The van der Waals surface area contributed by atoms with Gasteiger partial charge >= 0.3 is 6.18 Å². The summed E-state index contributed by atoms with van der Waals surface area (Å²) in [5, 5.41) is 0. The van der Waals surface area contributed by atoms with Crippen molar-refractivity contribution in [3.63, 3.8) is 0 Å². The van der Waals surface area contributed by atoms with Gasteiger partial charge in [-0.25, -0.2) is 4.98 Å². The van der Waals surface area contributed by atoms with Crippen LogP contribution in [0.2, 0.25) is 0 Å². The van der Waals surface area contributed by atoms with Crippen LogP contribution in [-0.4, -0.2) is 9.55 Å². The quantitative estimate of drug-likeness (QED) is 0.945. The summed E-state index contributed by atoms with van der Waals surface area (Å²) < 4.78 is 39.3. The molecule has 0 bridgehead atoms. The SMILES string of the molecule is Cc1cc(=O)n(CC(N)c2cccc(C(F)(F)F)c2)cn1. The molecule has 0 saturated carbocycles. The second kappa shape index (κ2) is 5.69. The third-order valence-electron chi connectivity index (χ3n) is 3.05. The maximum atomic E-state index is 12.7. The van der Waals surface area contributed by atoms with Gasteiger partial charge in [0.25, 0.3) is 5.56 Å². The van der Waals surface area contributed by atoms with Crippen LogP contribution in [0.3, 0.4) is 0 Å². The highest BCUT2D eigenvalue weighted by atomic mass is 19.4. The van der Waals surface area contributed by atoms with E-state index in [0.717, 1.165) is 12.1 Å². The van der Waals surface area contributed by atoms with Crippen LogP contribution < -0.4 is 11.3 Å². The maximum absolute atomic E-state index is 12.7. The number of halogens is 3. The smallest absolute Gasteiger partial charge is 0.322 e. The Morgan fingerprint density at radius 2 is 2.05 bits per heavy atom. The van der Waals surface area contributed by atoms with E-state index in [9.17, 15) is 18.0 Å². The van der Waals surface area contributed by atoms with Crippen molar-refractivity contribution in [1.82, 2.24) is 9.55 Å². The van der Waals surface area contributed by atoms with E-state index in [1.54, 1.807) is 6.92 Å². The van der Waals surface area contributed by atoms with Gasteiger partial charge in [-0.15, -0.1) is 0 Å². The molecule has 0 aliphatic rings. The lowest BCUT2D eigenvalue weighted by Gasteiger charge is -2.15. The van der Waals surface area contributed by atoms with Crippen molar-refractivity contribution in [2.75, 3.05) is 0 Å². The summed E-state index contributed by atoms with van der Waals surface area (Å²) in [7, 11) is 0. The average molecular weight is 297 g/mol. The maximum Gasteiger partial charge on any atom is 0.416 e. The molecule has 21 heavy (non-hydrogen) atoms. The highest BCUT2D eigenvalue weighted by molar-refractivity contribution is 5.27. The highest BCUT2D eigenvalue weighted by Crippen LogP contribution is 2.30. The Labute approximate surface area is 119 Å². The minimum atomic E-state index is -4.42. The van der Waals surface area contributed by atoms with Crippen LogP contribution in [0.1, 0.15) is 22.9 Å². The number of nitrogens with zero attached hydrogens (tertiary/aromatic N) is 2. The fourth-order valence-electron chi connectivity index (χ4n) is 1.92. The molecule has 7 heteroatoms. The zero-order chi connectivity index (χ0) is 15.6. The Hall–Kier alpha value is -2.15. The van der Waals surface area contributed by atoms with Gasteiger partial charge in [0.15, 0.2) is 0 Å². The summed E-state index contributed by atoms with van der Waals surface area (Å²) in [6, 6.07) is 5.40. The molecule has 112 valence electrons. The second-order valence-electron chi connectivity index (χ2n) is 4.75. The molecule has 0 saturated heterocycles. The molecule has 4 nitrogen and oxygen atoms in total. The molecule has 0 amide bonds. The van der Waals surface area contributed by atoms with Gasteiger partial charge in [-0.05, 0) is 24.6 Å². The number of benzene rings is 1. The number of aryl methyl sites for hydroxylation is 1. The van der Waals surface area contributed by atoms with E-state index in [2.05, 4.69) is 4.98 Å². The summed E-state index contributed by atoms with van der Waals surface area (Å²) >= 11 is 0. The van der Waals surface area contributed by atoms with Crippen LogP contribution in [0.15, 0.2) is 41.5 Å². The van der Waals surface area contributed by atoms with Crippen LogP contribution >= 0.6 is 0 Å². The number of hydrogen-bond donors (Lipinski definition) is 1. The van der Waals surface area contributed by atoms with E-state index in [-0.39, 0.29) is 12.1 Å². The van der Waals surface area contributed by atoms with Crippen molar-refractivity contribution in [2.24, 2.45) is 5.73 Å². The molecule has 2 rings (SSSR count). The summed E-state index contributed by atoms with van der Waals surface area (Å²) in [5.41, 5.74) is 5.73. The largest absolute Gasteiger partial charge is 0.416 e. The standard InChI is InChI=1S/C14H14F3N3O/c1-9-5-13(21)20(8-19-9)7-12(18)10-3-2-4-11(6-10)14(15,16)17/h2-6,8,12H,7,18H2,1H3. The van der Waals surface area contributed by atoms with E-state index in [4.69, 9.17) is 5.73 Å². The monoisotopic (exact) mass is 297 g/mol. The Morgan fingerprint density at radius 3 is 2.67 bits per heavy atom. The van der Waals surface area contributed by atoms with Crippen molar-refractivity contribution in [3.8, 4) is 0 Å². The van der Waals surface area contributed by atoms with Gasteiger partial charge in [0.2, 0.25) is 0 Å². The first-order valence-electron chi connectivity index (χ1n) is 6.23. The van der Waals surface area contributed by atoms with Gasteiger partial charge in [0, 0.05) is 24.3 Å². The van der Waals surface area contributed by atoms with Crippen LogP contribution in [-0.2, 0) is 12.7 Å². The fraction of sp³-hybridized carbons (Fsp3) is 0.286. The van der Waals surface area contributed by atoms with Crippen LogP contribution in [0.4, 0.5) is 13.2 Å². The van der Waals surface area contributed by atoms with Crippen LogP contribution in [0.25, 0.3) is 0 Å². The van der Waals surface area contributed by atoms with Crippen molar-refractivity contribution >= 4 is 0 Å². The molecule has 0 radical (unpaired) electrons. The number of alkyl halides is 3. The molecule has 1 aromatic heterocycles. The van der Waals surface area contributed by atoms with Crippen LogP contribution in [0, 0.1) is 6.92 Å². The Morgan fingerprint density at radius 1 is 1.33 bits per heavy atom. The Balaban J connectivity index is 2.24. The summed E-state index contributed by atoms with van der Waals surface area (Å²) in [4.78, 5) is 15.7. The minimum Gasteiger partial charge on any atom is -0.322 e. The molecule has 0 fully saturated rings. The van der Waals surface area contributed by atoms with Gasteiger partial charge in [-0.3, -0.25) is 9.36 Å². The van der Waals surface area contributed by atoms with E-state index >= 15 is 0 Å². The van der Waals surface area contributed by atoms with Crippen molar-refractivity contribution in [2.45, 2.75) is 25.7 Å². The van der Waals surface area contributed by atoms with Crippen LogP contribution in [0.5, 0.6) is 0 Å². The van der Waals surface area contributed by atoms with E-state index in [0.29, 0.717) is 11.3 Å². The highest BCUT2D eigenvalue weighted by Gasteiger charge is 2.30. The molecule has 0 aliphatic carbocycles. The molecule has 2 aromatic rings. The summed E-state index contributed by atoms with van der Waals surface area (Å²) in [6.45, 7) is 1.74. The topological polar surface area (TPSA) is 60.9 Å². The predicted molar refractivity (Wildman–Crippen MR) is 71.6 cm³/mol. The molecule has 1 unspecified atom stereocenters. The van der Waals surface area contributed by atoms with Gasteiger partial charge in [-0.1, -0.05) is 12.1 Å². The molecule has 1 atom stereocenters. The van der Waals surface area contributed by atoms with Gasteiger partial charge in [-0.2, -0.15) is 13.2 Å². The zero-order valence-electron chi connectivity index (χ0n) is 11.3. The number of aromatic nitrogens is 2. The predicted octanol–water partition coefficient (Wildman–Crippen LogP) is 2.27. The molecule has 2 N–H and O–H groups in total. The van der Waals surface area contributed by atoms with Gasteiger partial charge in [0.05, 0.1) is 11.9 Å². The Kier molecular flexibility index (Phi) is 4.13. The molecule has 0 aliphatic heterocycles. The zero-order valence-corrected chi connectivity index (χ0v) is 11.3. The lowest BCUT2D eigenvalue weighted by Crippen LogP contribution is -2.27. The van der Waals surface area contributed by atoms with E-state index < -0.39 is 17.8 Å². The minimum absolute atomic E-state index is 0.0629. The number of hydrogen-bond acceptors (Lipinski definition) is 3. The summed E-state index contributed by atoms with van der Waals surface area (Å²) in [6.07, 6.45) is -3.08. The molecular formula is C14H14F3N3O. The van der Waals surface area contributed by atoms with Crippen molar-refractivity contribution in [3.05, 3.63) is 63.8 Å². The van der Waals surface area contributed by atoms with E-state index in [1.807, 2.05) is 0 Å². The lowest BCUT2D eigenvalue weighted by molar-refractivity contribution is -0.137. The fourth-order valence-corrected chi connectivity index (χ4v) is 1.92. The second-order valence-corrected chi connectivity index (χ2v) is 4.75. The first-order valence-corrected chi connectivity index (χ1v) is 6.23. The van der Waals surface area contributed by atoms with Gasteiger partial charge in [0.1, 0.15) is 0 Å². The summed E-state index contributed by atoms with van der Waals surface area (Å²) in [5.74, 6) is 0. The lowest BCUT2D eigenvalue weighted by atomic mass is 10.0. The van der Waals surface area contributed by atoms with Crippen molar-refractivity contribution < 1.29 is 13.2 Å². The third-order valence-corrected chi connectivity index (χ3v) is 3.05. The first kappa shape index (κ1) is 15.2. The molecule has 1 aromatic carbocycles. The van der Waals surface area contributed by atoms with Gasteiger partial charge < -0.3 is 5.73 Å². The Bertz CT molecular complexity index is 694. The molecule has 0 spiro atoms. The number of nitrogens with two attached hydrogens (primary N) is 1. The normalized spacial score (nSPS) is 13.2. The molecule has 1 heterocycles. The van der Waals surface area contributed by atoms with E-state index in [1.165, 1.54) is 29.1 Å². The average Bonchev–Trinajstić information content (AvgIpc) is 2.41. The third kappa shape index (κ3) is 3.69. The molecular weight excluding hydrogens is 283 g/mol. The first-order chi connectivity index (χ1) is 9.77. The van der Waals surface area contributed by atoms with Crippen molar-refractivity contribution in [1.29, 1.82) is 0 Å².